The van der Waals surface area contributed by atoms with Gasteiger partial charge in [-0.2, -0.15) is 26.2 Å². The van der Waals surface area contributed by atoms with Gasteiger partial charge in [0.25, 0.3) is 0 Å². The molecule has 0 saturated heterocycles. The van der Waals surface area contributed by atoms with Gasteiger partial charge in [0.1, 0.15) is 11.9 Å². The first-order valence-corrected chi connectivity index (χ1v) is 12.3. The molecule has 0 aromatic heterocycles. The summed E-state index contributed by atoms with van der Waals surface area (Å²) in [5.41, 5.74) is 0.0844. The van der Waals surface area contributed by atoms with Crippen LogP contribution in [0.1, 0.15) is 0 Å². The van der Waals surface area contributed by atoms with Crippen LogP contribution in [0.3, 0.4) is 0 Å². The molecule has 0 spiro atoms. The minimum absolute atomic E-state index is 0.0211. The van der Waals surface area contributed by atoms with Gasteiger partial charge in [0.05, 0.1) is 23.3 Å². The van der Waals surface area contributed by atoms with Crippen LogP contribution in [0.2, 0.25) is 0 Å². The maximum absolute atomic E-state index is 15.2. The molecular weight excluding hydrogens is 544 g/mol. The van der Waals surface area contributed by atoms with Crippen molar-refractivity contribution >= 4 is 35.3 Å². The van der Waals surface area contributed by atoms with Gasteiger partial charge in [-0.05, 0) is 36.4 Å². The first kappa shape index (κ1) is 29.5. The van der Waals surface area contributed by atoms with Crippen molar-refractivity contribution in [1.29, 1.82) is 0 Å². The zero-order chi connectivity index (χ0) is 29.6. The predicted octanol–water partition coefficient (Wildman–Crippen LogP) is 3.93. The average Bonchev–Trinajstić information content (AvgIpc) is 2.95. The Balaban J connectivity index is 0.000000271. The van der Waals surface area contributed by atoms with Gasteiger partial charge in [-0.1, -0.05) is 78.9 Å². The van der Waals surface area contributed by atoms with Crippen molar-refractivity contribution in [2.75, 3.05) is 0 Å². The molecule has 11 heteroatoms. The van der Waals surface area contributed by atoms with Crippen LogP contribution in [-0.4, -0.2) is 23.5 Å². The molecule has 0 saturated carbocycles. The first-order valence-electron chi connectivity index (χ1n) is 12.3. The Morgan fingerprint density at radius 2 is 0.756 bits per heavy atom. The Labute approximate surface area is 232 Å². The molecule has 0 atom stereocenters. The highest BCUT2D eigenvalue weighted by atomic mass is 19.2. The molecule has 0 heterocycles. The summed E-state index contributed by atoms with van der Waals surface area (Å²) >= 11 is 0. The van der Waals surface area contributed by atoms with Gasteiger partial charge >= 0.3 is 7.32 Å². The average molecular weight is 565 g/mol. The van der Waals surface area contributed by atoms with Gasteiger partial charge in [0, 0.05) is 0 Å². The van der Waals surface area contributed by atoms with Crippen LogP contribution in [0.4, 0.5) is 26.3 Å². The van der Waals surface area contributed by atoms with E-state index in [2.05, 4.69) is 4.65 Å². The molecule has 0 aliphatic rings. The Morgan fingerprint density at radius 3 is 1.07 bits per heavy atom. The predicted molar refractivity (Wildman–Crippen MR) is 147 cm³/mol. The smallest absolute Gasteiger partial charge is 0.509 e. The highest BCUT2D eigenvalue weighted by molar-refractivity contribution is 7.20. The third-order valence-electron chi connectivity index (χ3n) is 6.64. The highest BCUT2D eigenvalue weighted by Crippen LogP contribution is 2.19. The van der Waals surface area contributed by atoms with E-state index in [9.17, 15) is 8.78 Å². The van der Waals surface area contributed by atoms with Crippen molar-refractivity contribution in [3.63, 3.8) is 0 Å². The molecule has 5 aromatic rings. The molecule has 41 heavy (non-hydrogen) atoms. The Bertz CT molecular complexity index is 1460. The van der Waals surface area contributed by atoms with E-state index in [0.717, 1.165) is 12.1 Å². The minimum Gasteiger partial charge on any atom is -0.509 e. The summed E-state index contributed by atoms with van der Waals surface area (Å²) < 4.78 is 89.9. The Morgan fingerprint density at radius 1 is 0.439 bits per heavy atom. The van der Waals surface area contributed by atoms with Crippen LogP contribution < -0.4 is 26.5 Å². The second kappa shape index (κ2) is 12.8. The van der Waals surface area contributed by atoms with E-state index >= 15 is 17.6 Å². The largest absolute Gasteiger partial charge is 0.707 e. The number of rotatable bonds is 6. The quantitative estimate of drug-likeness (QED) is 0.243. The zero-order valence-electron chi connectivity index (χ0n) is 21.2. The van der Waals surface area contributed by atoms with Gasteiger partial charge in [-0.25, -0.2) is 22.0 Å². The van der Waals surface area contributed by atoms with Gasteiger partial charge < -0.3 is 14.7 Å². The van der Waals surface area contributed by atoms with E-state index < -0.39 is 54.1 Å². The molecular formula is C30H21B2F6O3-. The van der Waals surface area contributed by atoms with Crippen molar-refractivity contribution in [2.45, 2.75) is 0 Å². The van der Waals surface area contributed by atoms with E-state index in [1.165, 1.54) is 78.9 Å². The summed E-state index contributed by atoms with van der Waals surface area (Å²) in [5.74, 6) is -5.54. The fourth-order valence-electron chi connectivity index (χ4n) is 5.00. The number of benzene rings is 5. The van der Waals surface area contributed by atoms with Crippen molar-refractivity contribution in [1.82, 2.24) is 0 Å². The van der Waals surface area contributed by atoms with Crippen molar-refractivity contribution in [2.24, 2.45) is 0 Å². The van der Waals surface area contributed by atoms with E-state index in [0.29, 0.717) is 0 Å². The molecule has 2 N–H and O–H groups in total. The third kappa shape index (κ3) is 6.01. The molecule has 5 aromatic carbocycles. The normalized spacial score (nSPS) is 10.9. The van der Waals surface area contributed by atoms with Crippen LogP contribution in [0.5, 0.6) is 5.75 Å². The second-order valence-corrected chi connectivity index (χ2v) is 8.95. The van der Waals surface area contributed by atoms with Gasteiger partial charge in [-0.15, -0.1) is 0 Å². The molecule has 0 bridgehead atoms. The molecule has 0 fully saturated rings. The van der Waals surface area contributed by atoms with Crippen LogP contribution in [0.15, 0.2) is 115 Å². The molecule has 208 valence electrons. The third-order valence-corrected chi connectivity index (χ3v) is 6.64. The summed E-state index contributed by atoms with van der Waals surface area (Å²) in [7, 11) is -2.15. The van der Waals surface area contributed by atoms with Crippen LogP contribution in [0.25, 0.3) is 0 Å². The molecule has 0 amide bonds. The van der Waals surface area contributed by atoms with E-state index in [4.69, 9.17) is 10.0 Å². The maximum Gasteiger partial charge on any atom is 0.707 e. The van der Waals surface area contributed by atoms with E-state index in [1.54, 1.807) is 24.3 Å². The van der Waals surface area contributed by atoms with Crippen LogP contribution in [-0.2, 0) is 0 Å². The topological polar surface area (TPSA) is 49.7 Å². The number of hydrogen-bond acceptors (Lipinski definition) is 3. The van der Waals surface area contributed by atoms with E-state index in [-0.39, 0.29) is 21.9 Å². The summed E-state index contributed by atoms with van der Waals surface area (Å²) in [6.07, 6.45) is -2.82. The molecule has 0 aliphatic carbocycles. The van der Waals surface area contributed by atoms with Crippen molar-refractivity contribution < 1.29 is 41.0 Å². The molecule has 5 rings (SSSR count). The molecule has 0 aliphatic heterocycles. The summed E-state index contributed by atoms with van der Waals surface area (Å²) in [6, 6.07) is 26.2. The SMILES string of the molecule is Fc1ccccc1[B-](c1ccccc1F)(c1ccccc1F)c1ccccc1F.OB(O)Oc1cccc(F)c1F. The lowest BCUT2D eigenvalue weighted by atomic mass is 9.12. The fraction of sp³-hybridized carbons (Fsp3) is 0. The van der Waals surface area contributed by atoms with Crippen LogP contribution in [0, 0.1) is 34.9 Å². The summed E-state index contributed by atoms with van der Waals surface area (Å²) in [4.78, 5) is 0. The molecule has 3 nitrogen and oxygen atoms in total. The molecule has 0 radical (unpaired) electrons. The highest BCUT2D eigenvalue weighted by Gasteiger charge is 2.38. The zero-order valence-corrected chi connectivity index (χ0v) is 21.2. The lowest BCUT2D eigenvalue weighted by Gasteiger charge is -2.44. The Kier molecular flexibility index (Phi) is 9.21. The van der Waals surface area contributed by atoms with Crippen molar-refractivity contribution in [3.05, 3.63) is 150 Å². The van der Waals surface area contributed by atoms with E-state index in [1.807, 2.05) is 0 Å². The molecule has 0 unspecified atom stereocenters. The fourth-order valence-corrected chi connectivity index (χ4v) is 5.00. The second-order valence-electron chi connectivity index (χ2n) is 8.95. The lowest BCUT2D eigenvalue weighted by molar-refractivity contribution is 0.279. The Hall–Kier alpha value is -4.47. The maximum atomic E-state index is 15.2. The minimum atomic E-state index is -2.82. The van der Waals surface area contributed by atoms with Gasteiger partial charge in [0.2, 0.25) is 0 Å². The standard InChI is InChI=1S/C24H16BF4.C6H5BF2O3/c26-21-13-5-1-9-17(21)25(18-10-2-6-14-22(18)27,19-11-3-7-15-23(19)28)20-12-4-8-16-24(20)29;8-4-2-1-3-5(6(4)9)12-7(10)11/h1-16H;1-3,10-11H/q-1;. The van der Waals surface area contributed by atoms with Crippen molar-refractivity contribution in [3.8, 4) is 5.75 Å². The first-order chi connectivity index (χ1) is 19.7. The van der Waals surface area contributed by atoms with Crippen LogP contribution >= 0.6 is 0 Å². The summed E-state index contributed by atoms with van der Waals surface area (Å²) in [6.45, 7) is 0. The number of halogens is 6. The summed E-state index contributed by atoms with van der Waals surface area (Å²) in [5, 5.41) is 16.5. The number of hydrogen-bond donors (Lipinski definition) is 2. The lowest BCUT2D eigenvalue weighted by Crippen LogP contribution is -2.77. The van der Waals surface area contributed by atoms with Gasteiger partial charge in [-0.3, -0.25) is 0 Å². The monoisotopic (exact) mass is 565 g/mol. The van der Waals surface area contributed by atoms with Gasteiger partial charge in [0.15, 0.2) is 11.6 Å².